The number of rotatable bonds is 6. The van der Waals surface area contributed by atoms with Crippen molar-refractivity contribution in [2.75, 3.05) is 25.5 Å². The van der Waals surface area contributed by atoms with Gasteiger partial charge in [-0.15, -0.1) is 0 Å². The van der Waals surface area contributed by atoms with E-state index in [4.69, 9.17) is 11.6 Å². The van der Waals surface area contributed by atoms with Crippen LogP contribution >= 0.6 is 22.9 Å². The first-order valence-corrected chi connectivity index (χ1v) is 8.83. The van der Waals surface area contributed by atoms with Crippen LogP contribution in [0.4, 0.5) is 5.13 Å². The van der Waals surface area contributed by atoms with Gasteiger partial charge in [-0.25, -0.2) is 4.98 Å². The van der Waals surface area contributed by atoms with Gasteiger partial charge in [0.1, 0.15) is 6.23 Å². The monoisotopic (exact) mass is 370 g/mol. The molecule has 3 N–H and O–H groups in total. The Morgan fingerprint density at radius 1 is 1.46 bits per heavy atom. The highest BCUT2D eigenvalue weighted by Gasteiger charge is 2.18. The van der Waals surface area contributed by atoms with E-state index < -0.39 is 6.23 Å². The molecule has 6 nitrogen and oxygen atoms in total. The van der Waals surface area contributed by atoms with Crippen LogP contribution in [-0.4, -0.2) is 52.8 Å². The molecular weight excluding hydrogens is 348 g/mol. The van der Waals surface area contributed by atoms with Crippen molar-refractivity contribution in [3.8, 4) is 0 Å². The van der Waals surface area contributed by atoms with E-state index in [-0.39, 0.29) is 18.0 Å². The molecule has 0 saturated carbocycles. The van der Waals surface area contributed by atoms with Crippen LogP contribution in [0.2, 0.25) is 5.02 Å². The number of fused-ring (bicyclic) bond motifs is 1. The molecule has 1 amide bonds. The SMILES string of the molecule is CN(CC(=O)Nc1nc2ccc(Cl)cc2s1)C(O)CNC(C)(C)C. The lowest BCUT2D eigenvalue weighted by Gasteiger charge is -2.27. The number of carbonyl (C=O) groups excluding carboxylic acids is 1. The second-order valence-corrected chi connectivity index (χ2v) is 8.17. The van der Waals surface area contributed by atoms with Gasteiger partial charge >= 0.3 is 0 Å². The molecule has 0 radical (unpaired) electrons. The summed E-state index contributed by atoms with van der Waals surface area (Å²) in [5.74, 6) is -0.225. The van der Waals surface area contributed by atoms with Gasteiger partial charge in [-0.3, -0.25) is 9.69 Å². The van der Waals surface area contributed by atoms with Gasteiger partial charge in [0.25, 0.3) is 0 Å². The number of hydrogen-bond donors (Lipinski definition) is 3. The summed E-state index contributed by atoms with van der Waals surface area (Å²) in [7, 11) is 1.70. The zero-order valence-electron chi connectivity index (χ0n) is 14.3. The van der Waals surface area contributed by atoms with Gasteiger partial charge in [0.15, 0.2) is 5.13 Å². The summed E-state index contributed by atoms with van der Waals surface area (Å²) in [6, 6.07) is 5.40. The summed E-state index contributed by atoms with van der Waals surface area (Å²) < 4.78 is 0.917. The standard InChI is InChI=1S/C16H23ClN4O2S/c1-16(2,3)18-8-14(23)21(4)9-13(22)20-15-19-11-6-5-10(17)7-12(11)24-15/h5-7,14,18,23H,8-9H2,1-4H3,(H,19,20,22). The van der Waals surface area contributed by atoms with Gasteiger partial charge in [-0.05, 0) is 46.0 Å². The van der Waals surface area contributed by atoms with E-state index in [0.29, 0.717) is 16.7 Å². The molecule has 0 spiro atoms. The van der Waals surface area contributed by atoms with E-state index in [9.17, 15) is 9.90 Å². The van der Waals surface area contributed by atoms with E-state index in [1.54, 1.807) is 18.0 Å². The lowest BCUT2D eigenvalue weighted by molar-refractivity contribution is -0.119. The molecule has 8 heteroatoms. The second kappa shape index (κ2) is 7.76. The van der Waals surface area contributed by atoms with Gasteiger partial charge < -0.3 is 15.7 Å². The van der Waals surface area contributed by atoms with Crippen LogP contribution in [0.1, 0.15) is 20.8 Å². The van der Waals surface area contributed by atoms with Crippen LogP contribution in [0, 0.1) is 0 Å². The fraction of sp³-hybridized carbons (Fsp3) is 0.500. The minimum absolute atomic E-state index is 0.0731. The van der Waals surface area contributed by atoms with E-state index in [0.717, 1.165) is 10.2 Å². The van der Waals surface area contributed by atoms with Crippen molar-refractivity contribution in [1.82, 2.24) is 15.2 Å². The smallest absolute Gasteiger partial charge is 0.240 e. The van der Waals surface area contributed by atoms with Gasteiger partial charge in [0.2, 0.25) is 5.91 Å². The number of nitrogens with zero attached hydrogens (tertiary/aromatic N) is 2. The Hall–Kier alpha value is -1.25. The number of amides is 1. The fourth-order valence-electron chi connectivity index (χ4n) is 2.00. The van der Waals surface area contributed by atoms with Gasteiger partial charge in [-0.2, -0.15) is 0 Å². The van der Waals surface area contributed by atoms with Crippen molar-refractivity contribution >= 4 is 44.2 Å². The third-order valence-corrected chi connectivity index (χ3v) is 4.48. The number of nitrogens with one attached hydrogen (secondary N) is 2. The maximum absolute atomic E-state index is 12.1. The molecule has 132 valence electrons. The molecular formula is C16H23ClN4O2S. The molecule has 0 aliphatic carbocycles. The summed E-state index contributed by atoms with van der Waals surface area (Å²) in [4.78, 5) is 18.1. The zero-order valence-corrected chi connectivity index (χ0v) is 15.8. The maximum Gasteiger partial charge on any atom is 0.240 e. The fourth-order valence-corrected chi connectivity index (χ4v) is 3.15. The number of aliphatic hydroxyl groups is 1. The van der Waals surface area contributed by atoms with Crippen molar-refractivity contribution in [3.63, 3.8) is 0 Å². The lowest BCUT2D eigenvalue weighted by Crippen LogP contribution is -2.48. The van der Waals surface area contributed by atoms with Crippen molar-refractivity contribution in [2.24, 2.45) is 0 Å². The number of thiazole rings is 1. The van der Waals surface area contributed by atoms with Gasteiger partial charge in [0.05, 0.1) is 16.8 Å². The molecule has 1 aromatic carbocycles. The minimum Gasteiger partial charge on any atom is -0.377 e. The lowest BCUT2D eigenvalue weighted by atomic mass is 10.1. The number of aromatic nitrogens is 1. The summed E-state index contributed by atoms with van der Waals surface area (Å²) in [5, 5.41) is 17.2. The van der Waals surface area contributed by atoms with E-state index in [1.165, 1.54) is 11.3 Å². The highest BCUT2D eigenvalue weighted by molar-refractivity contribution is 7.22. The van der Waals surface area contributed by atoms with Crippen molar-refractivity contribution < 1.29 is 9.90 Å². The molecule has 0 saturated heterocycles. The van der Waals surface area contributed by atoms with Crippen LogP contribution in [0.5, 0.6) is 0 Å². The highest BCUT2D eigenvalue weighted by Crippen LogP contribution is 2.28. The maximum atomic E-state index is 12.1. The van der Waals surface area contributed by atoms with Crippen LogP contribution < -0.4 is 10.6 Å². The van der Waals surface area contributed by atoms with E-state index in [1.807, 2.05) is 32.9 Å². The van der Waals surface area contributed by atoms with Crippen molar-refractivity contribution in [1.29, 1.82) is 0 Å². The average Bonchev–Trinajstić information content (AvgIpc) is 2.84. The number of likely N-dealkylation sites (N-methyl/N-ethyl adjacent to an activating group) is 1. The summed E-state index contributed by atoms with van der Waals surface area (Å²) in [6.45, 7) is 6.51. The molecule has 2 rings (SSSR count). The highest BCUT2D eigenvalue weighted by atomic mass is 35.5. The molecule has 2 aromatic rings. The number of halogens is 1. The zero-order chi connectivity index (χ0) is 17.9. The second-order valence-electron chi connectivity index (χ2n) is 6.71. The van der Waals surface area contributed by atoms with Gasteiger partial charge in [-0.1, -0.05) is 22.9 Å². The van der Waals surface area contributed by atoms with Crippen LogP contribution in [0.25, 0.3) is 10.2 Å². The molecule has 0 bridgehead atoms. The quantitative estimate of drug-likeness (QED) is 0.681. The predicted octanol–water partition coefficient (Wildman–Crippen LogP) is 2.53. The third kappa shape index (κ3) is 5.68. The van der Waals surface area contributed by atoms with Gasteiger partial charge in [0, 0.05) is 17.1 Å². The molecule has 0 aliphatic rings. The normalized spacial score (nSPS) is 13.5. The van der Waals surface area contributed by atoms with E-state index >= 15 is 0 Å². The molecule has 0 aliphatic heterocycles. The number of carbonyl (C=O) groups is 1. The molecule has 1 unspecified atom stereocenters. The predicted molar refractivity (Wildman–Crippen MR) is 99.7 cm³/mol. The summed E-state index contributed by atoms with van der Waals surface area (Å²) in [5.41, 5.74) is 0.703. The molecule has 1 heterocycles. The Bertz CT molecular complexity index is 714. The largest absolute Gasteiger partial charge is 0.377 e. The number of benzene rings is 1. The van der Waals surface area contributed by atoms with Crippen molar-refractivity contribution in [2.45, 2.75) is 32.5 Å². The minimum atomic E-state index is -0.746. The Balaban J connectivity index is 1.89. The van der Waals surface area contributed by atoms with Crippen LogP contribution in [0.15, 0.2) is 18.2 Å². The molecule has 0 fully saturated rings. The molecule has 1 aromatic heterocycles. The first kappa shape index (κ1) is 19.1. The van der Waals surface area contributed by atoms with Crippen LogP contribution in [-0.2, 0) is 4.79 Å². The van der Waals surface area contributed by atoms with Crippen LogP contribution in [0.3, 0.4) is 0 Å². The first-order valence-electron chi connectivity index (χ1n) is 7.63. The summed E-state index contributed by atoms with van der Waals surface area (Å²) in [6.07, 6.45) is -0.746. The topological polar surface area (TPSA) is 77.5 Å². The number of β-amino-alcohol motifs (C(OH)–C–C–N with tert-alkyl or cyclic N) is 1. The third-order valence-electron chi connectivity index (χ3n) is 3.31. The Morgan fingerprint density at radius 2 is 2.17 bits per heavy atom. The van der Waals surface area contributed by atoms with E-state index in [2.05, 4.69) is 15.6 Å². The van der Waals surface area contributed by atoms with Crippen molar-refractivity contribution in [3.05, 3.63) is 23.2 Å². The number of aliphatic hydroxyl groups excluding tert-OH is 1. The Kier molecular flexibility index (Phi) is 6.17. The molecule has 24 heavy (non-hydrogen) atoms. The average molecular weight is 371 g/mol. The summed E-state index contributed by atoms with van der Waals surface area (Å²) >= 11 is 7.32. The molecule has 1 atom stereocenters. The Labute approximate surface area is 150 Å². The number of anilines is 1. The first-order chi connectivity index (χ1) is 11.1. The number of hydrogen-bond acceptors (Lipinski definition) is 6. The Morgan fingerprint density at radius 3 is 2.83 bits per heavy atom.